The standard InChI is InChI=1S/C19H16O4/c1-13(2)17(20)15-8-10-16(11-9-15)18(21)19(22)23-12-14-6-4-3-5-7-14/h3-11H,1,12H2,2H3. The van der Waals surface area contributed by atoms with Crippen LogP contribution in [-0.2, 0) is 16.1 Å². The number of carbonyl (C=O) groups excluding carboxylic acids is 3. The average molecular weight is 308 g/mol. The first-order chi connectivity index (χ1) is 11.0. The zero-order chi connectivity index (χ0) is 16.8. The van der Waals surface area contributed by atoms with Crippen molar-refractivity contribution >= 4 is 17.5 Å². The van der Waals surface area contributed by atoms with Gasteiger partial charge in [-0.1, -0.05) is 61.2 Å². The largest absolute Gasteiger partial charge is 0.455 e. The van der Waals surface area contributed by atoms with Crippen LogP contribution in [0.2, 0.25) is 0 Å². The first-order valence-corrected chi connectivity index (χ1v) is 7.04. The van der Waals surface area contributed by atoms with Gasteiger partial charge in [-0.15, -0.1) is 0 Å². The second-order valence-corrected chi connectivity index (χ2v) is 5.08. The summed E-state index contributed by atoms with van der Waals surface area (Å²) >= 11 is 0. The molecule has 116 valence electrons. The van der Waals surface area contributed by atoms with Gasteiger partial charge in [-0.3, -0.25) is 9.59 Å². The molecule has 0 spiro atoms. The molecule has 0 N–H and O–H groups in total. The van der Waals surface area contributed by atoms with Crippen LogP contribution in [0.15, 0.2) is 66.7 Å². The molecule has 23 heavy (non-hydrogen) atoms. The Labute approximate surface area is 134 Å². The summed E-state index contributed by atoms with van der Waals surface area (Å²) in [5.74, 6) is -1.86. The molecule has 2 aromatic rings. The number of esters is 1. The fourth-order valence-corrected chi connectivity index (χ4v) is 1.93. The summed E-state index contributed by atoms with van der Waals surface area (Å²) in [6, 6.07) is 15.0. The van der Waals surface area contributed by atoms with E-state index >= 15 is 0 Å². The number of ketones is 2. The van der Waals surface area contributed by atoms with Gasteiger partial charge in [0, 0.05) is 11.1 Å². The van der Waals surface area contributed by atoms with Crippen LogP contribution in [0, 0.1) is 0 Å². The van der Waals surface area contributed by atoms with Crippen molar-refractivity contribution in [3.05, 3.63) is 83.4 Å². The van der Waals surface area contributed by atoms with Gasteiger partial charge in [0.05, 0.1) is 0 Å². The zero-order valence-corrected chi connectivity index (χ0v) is 12.7. The van der Waals surface area contributed by atoms with Crippen LogP contribution in [0.5, 0.6) is 0 Å². The molecule has 2 rings (SSSR count). The molecule has 0 atom stereocenters. The molecule has 0 unspecified atom stereocenters. The van der Waals surface area contributed by atoms with Crippen molar-refractivity contribution in [3.8, 4) is 0 Å². The van der Waals surface area contributed by atoms with Crippen LogP contribution in [0.25, 0.3) is 0 Å². The molecule has 0 saturated heterocycles. The lowest BCUT2D eigenvalue weighted by Gasteiger charge is -2.05. The molecule has 2 aromatic carbocycles. The highest BCUT2D eigenvalue weighted by Crippen LogP contribution is 2.10. The number of Topliss-reactive ketones (excluding diaryl/α,β-unsaturated/α-hetero) is 2. The minimum absolute atomic E-state index is 0.0393. The molecule has 0 aromatic heterocycles. The van der Waals surface area contributed by atoms with Gasteiger partial charge < -0.3 is 4.74 Å². The lowest BCUT2D eigenvalue weighted by atomic mass is 10.0. The maximum Gasteiger partial charge on any atom is 0.380 e. The van der Waals surface area contributed by atoms with Crippen LogP contribution >= 0.6 is 0 Å². The second-order valence-electron chi connectivity index (χ2n) is 5.08. The number of allylic oxidation sites excluding steroid dienone is 1. The molecule has 0 fully saturated rings. The monoisotopic (exact) mass is 308 g/mol. The molecular formula is C19H16O4. The average Bonchev–Trinajstić information content (AvgIpc) is 2.59. The lowest BCUT2D eigenvalue weighted by molar-refractivity contribution is -0.139. The van der Waals surface area contributed by atoms with Crippen LogP contribution in [0.1, 0.15) is 33.2 Å². The van der Waals surface area contributed by atoms with Gasteiger partial charge in [-0.25, -0.2) is 4.79 Å². The third-order valence-corrected chi connectivity index (χ3v) is 3.20. The summed E-state index contributed by atoms with van der Waals surface area (Å²) in [5, 5.41) is 0. The van der Waals surface area contributed by atoms with E-state index in [0.717, 1.165) is 5.56 Å². The minimum atomic E-state index is -0.923. The Balaban J connectivity index is 2.01. The number of benzene rings is 2. The van der Waals surface area contributed by atoms with Gasteiger partial charge in [0.2, 0.25) is 0 Å². The van der Waals surface area contributed by atoms with Gasteiger partial charge >= 0.3 is 5.97 Å². The molecule has 4 nitrogen and oxygen atoms in total. The Hall–Kier alpha value is -3.01. The first-order valence-electron chi connectivity index (χ1n) is 7.04. The number of hydrogen-bond donors (Lipinski definition) is 0. The number of carbonyl (C=O) groups is 3. The molecular weight excluding hydrogens is 292 g/mol. The number of rotatable bonds is 6. The van der Waals surface area contributed by atoms with Gasteiger partial charge in [0.15, 0.2) is 5.78 Å². The Bertz CT molecular complexity index is 743. The van der Waals surface area contributed by atoms with Gasteiger partial charge in [0.1, 0.15) is 6.61 Å². The highest BCUT2D eigenvalue weighted by Gasteiger charge is 2.18. The van der Waals surface area contributed by atoms with E-state index in [-0.39, 0.29) is 18.0 Å². The maximum atomic E-state index is 12.0. The molecule has 0 saturated carbocycles. The van der Waals surface area contributed by atoms with Crippen molar-refractivity contribution in [1.29, 1.82) is 0 Å². The van der Waals surface area contributed by atoms with Gasteiger partial charge in [-0.2, -0.15) is 0 Å². The quantitative estimate of drug-likeness (QED) is 0.355. The van der Waals surface area contributed by atoms with Gasteiger partial charge in [0.25, 0.3) is 5.78 Å². The Morgan fingerprint density at radius 3 is 1.91 bits per heavy atom. The summed E-state index contributed by atoms with van der Waals surface area (Å²) in [5.41, 5.74) is 1.82. The van der Waals surface area contributed by atoms with Crippen LogP contribution in [0.4, 0.5) is 0 Å². The highest BCUT2D eigenvalue weighted by molar-refractivity contribution is 6.40. The van der Waals surface area contributed by atoms with Crippen molar-refractivity contribution in [2.45, 2.75) is 13.5 Å². The lowest BCUT2D eigenvalue weighted by Crippen LogP contribution is -2.17. The first kappa shape index (κ1) is 16.4. The molecule has 0 radical (unpaired) electrons. The predicted octanol–water partition coefficient (Wildman–Crippen LogP) is 3.37. The summed E-state index contributed by atoms with van der Waals surface area (Å²) in [6.45, 7) is 5.23. The zero-order valence-electron chi connectivity index (χ0n) is 12.7. The fraction of sp³-hybridized carbons (Fsp3) is 0.105. The van der Waals surface area contributed by atoms with E-state index < -0.39 is 11.8 Å². The van der Waals surface area contributed by atoms with Crippen LogP contribution < -0.4 is 0 Å². The van der Waals surface area contributed by atoms with Crippen LogP contribution in [-0.4, -0.2) is 17.5 Å². The predicted molar refractivity (Wildman–Crippen MR) is 86.2 cm³/mol. The molecule has 4 heteroatoms. The van der Waals surface area contributed by atoms with E-state index in [4.69, 9.17) is 4.74 Å². The third kappa shape index (κ3) is 4.23. The topological polar surface area (TPSA) is 60.4 Å². The molecule has 0 amide bonds. The normalized spacial score (nSPS) is 9.96. The van der Waals surface area contributed by atoms with Crippen molar-refractivity contribution in [1.82, 2.24) is 0 Å². The Morgan fingerprint density at radius 1 is 0.870 bits per heavy atom. The fourth-order valence-electron chi connectivity index (χ4n) is 1.93. The maximum absolute atomic E-state index is 12.0. The Morgan fingerprint density at radius 2 is 1.39 bits per heavy atom. The SMILES string of the molecule is C=C(C)C(=O)c1ccc(C(=O)C(=O)OCc2ccccc2)cc1. The molecule has 0 bridgehead atoms. The smallest absolute Gasteiger partial charge is 0.380 e. The van der Waals surface area contributed by atoms with Crippen molar-refractivity contribution in [2.24, 2.45) is 0 Å². The minimum Gasteiger partial charge on any atom is -0.455 e. The summed E-state index contributed by atoms with van der Waals surface area (Å²) < 4.78 is 4.99. The van der Waals surface area contributed by atoms with E-state index in [2.05, 4.69) is 6.58 Å². The van der Waals surface area contributed by atoms with Crippen molar-refractivity contribution in [2.75, 3.05) is 0 Å². The number of hydrogen-bond acceptors (Lipinski definition) is 4. The van der Waals surface area contributed by atoms with Crippen molar-refractivity contribution < 1.29 is 19.1 Å². The van der Waals surface area contributed by atoms with Crippen LogP contribution in [0.3, 0.4) is 0 Å². The van der Waals surface area contributed by atoms with E-state index in [0.29, 0.717) is 11.1 Å². The van der Waals surface area contributed by atoms with E-state index in [1.807, 2.05) is 18.2 Å². The van der Waals surface area contributed by atoms with E-state index in [9.17, 15) is 14.4 Å². The van der Waals surface area contributed by atoms with Crippen molar-refractivity contribution in [3.63, 3.8) is 0 Å². The summed E-state index contributed by atoms with van der Waals surface area (Å²) in [4.78, 5) is 35.5. The molecule has 0 aliphatic heterocycles. The summed E-state index contributed by atoms with van der Waals surface area (Å²) in [7, 11) is 0. The molecule has 0 aliphatic rings. The number of ether oxygens (including phenoxy) is 1. The van der Waals surface area contributed by atoms with E-state index in [1.54, 1.807) is 19.1 Å². The Kier molecular flexibility index (Phi) is 5.20. The molecule has 0 aliphatic carbocycles. The van der Waals surface area contributed by atoms with E-state index in [1.165, 1.54) is 24.3 Å². The molecule has 0 heterocycles. The third-order valence-electron chi connectivity index (χ3n) is 3.20. The highest BCUT2D eigenvalue weighted by atomic mass is 16.5. The second kappa shape index (κ2) is 7.31. The summed E-state index contributed by atoms with van der Waals surface area (Å²) in [6.07, 6.45) is 0. The van der Waals surface area contributed by atoms with Gasteiger partial charge in [-0.05, 0) is 18.1 Å².